The number of rotatable bonds is 5. The van der Waals surface area contributed by atoms with Gasteiger partial charge in [-0.15, -0.1) is 11.8 Å². The first-order valence-electron chi connectivity index (χ1n) is 3.83. The fourth-order valence-electron chi connectivity index (χ4n) is 0.562. The lowest BCUT2D eigenvalue weighted by Crippen LogP contribution is -2.02. The van der Waals surface area contributed by atoms with Crippen molar-refractivity contribution in [3.05, 3.63) is 35.8 Å². The van der Waals surface area contributed by atoms with Crippen molar-refractivity contribution in [2.24, 2.45) is 0 Å². The Kier molecular flexibility index (Phi) is 7.29. The largest absolute Gasteiger partial charge is 0.468 e. The Hall–Kier alpha value is -1.47. The van der Waals surface area contributed by atoms with Crippen molar-refractivity contribution in [3.8, 4) is 6.07 Å². The molecule has 14 heavy (non-hydrogen) atoms. The summed E-state index contributed by atoms with van der Waals surface area (Å²) in [6, 6.07) is 1.86. The SMILES string of the molecule is C=C/C(=C\C=C\C#N)SCC(=O)OC. The molecule has 0 aromatic heterocycles. The van der Waals surface area contributed by atoms with Crippen molar-refractivity contribution in [2.45, 2.75) is 0 Å². The molecule has 0 atom stereocenters. The molecule has 0 unspecified atom stereocenters. The number of hydrogen-bond acceptors (Lipinski definition) is 4. The second-order valence-corrected chi connectivity index (χ2v) is 3.17. The quantitative estimate of drug-likeness (QED) is 0.395. The number of carbonyl (C=O) groups is 1. The van der Waals surface area contributed by atoms with Crippen molar-refractivity contribution in [3.63, 3.8) is 0 Å². The highest BCUT2D eigenvalue weighted by Crippen LogP contribution is 2.16. The standard InChI is InChI=1S/C10H11NO2S/c1-3-9(6-4-5-7-11)14-8-10(12)13-2/h3-6H,1,8H2,2H3/b5-4+,9-6+. The van der Waals surface area contributed by atoms with Crippen LogP contribution in [-0.2, 0) is 9.53 Å². The van der Waals surface area contributed by atoms with Gasteiger partial charge in [0, 0.05) is 11.0 Å². The van der Waals surface area contributed by atoms with Crippen LogP contribution < -0.4 is 0 Å². The van der Waals surface area contributed by atoms with Gasteiger partial charge in [0.05, 0.1) is 18.9 Å². The van der Waals surface area contributed by atoms with Gasteiger partial charge in [-0.3, -0.25) is 4.79 Å². The molecule has 0 bridgehead atoms. The van der Waals surface area contributed by atoms with Crippen molar-refractivity contribution >= 4 is 17.7 Å². The molecule has 0 radical (unpaired) electrons. The van der Waals surface area contributed by atoms with Gasteiger partial charge < -0.3 is 4.74 Å². The minimum absolute atomic E-state index is 0.245. The molecular weight excluding hydrogens is 198 g/mol. The molecule has 0 aliphatic carbocycles. The van der Waals surface area contributed by atoms with Crippen LogP contribution in [-0.4, -0.2) is 18.8 Å². The normalized spacial score (nSPS) is 11.0. The topological polar surface area (TPSA) is 50.1 Å². The smallest absolute Gasteiger partial charge is 0.315 e. The third kappa shape index (κ3) is 6.09. The van der Waals surface area contributed by atoms with Crippen molar-refractivity contribution < 1.29 is 9.53 Å². The predicted molar refractivity (Wildman–Crippen MR) is 57.5 cm³/mol. The van der Waals surface area contributed by atoms with Gasteiger partial charge in [0.25, 0.3) is 0 Å². The van der Waals surface area contributed by atoms with E-state index in [-0.39, 0.29) is 11.7 Å². The lowest BCUT2D eigenvalue weighted by molar-refractivity contribution is -0.137. The number of allylic oxidation sites excluding steroid dienone is 4. The Morgan fingerprint density at radius 1 is 1.71 bits per heavy atom. The third-order valence-electron chi connectivity index (χ3n) is 1.22. The average molecular weight is 209 g/mol. The zero-order valence-corrected chi connectivity index (χ0v) is 8.71. The van der Waals surface area contributed by atoms with Gasteiger partial charge >= 0.3 is 5.97 Å². The van der Waals surface area contributed by atoms with Gasteiger partial charge in [0.15, 0.2) is 0 Å². The number of carbonyl (C=O) groups excluding carboxylic acids is 1. The van der Waals surface area contributed by atoms with E-state index in [4.69, 9.17) is 5.26 Å². The lowest BCUT2D eigenvalue weighted by atomic mass is 10.4. The van der Waals surface area contributed by atoms with Crippen LogP contribution in [0.1, 0.15) is 0 Å². The van der Waals surface area contributed by atoms with E-state index in [1.165, 1.54) is 24.9 Å². The molecule has 0 heterocycles. The van der Waals surface area contributed by atoms with E-state index in [9.17, 15) is 4.79 Å². The minimum atomic E-state index is -0.285. The van der Waals surface area contributed by atoms with Gasteiger partial charge in [-0.25, -0.2) is 0 Å². The molecule has 0 aliphatic heterocycles. The fourth-order valence-corrected chi connectivity index (χ4v) is 1.26. The number of methoxy groups -OCH3 is 1. The summed E-state index contributed by atoms with van der Waals surface area (Å²) in [6.45, 7) is 3.59. The highest BCUT2D eigenvalue weighted by molar-refractivity contribution is 8.03. The third-order valence-corrected chi connectivity index (χ3v) is 2.23. The fraction of sp³-hybridized carbons (Fsp3) is 0.200. The number of nitrogens with zero attached hydrogens (tertiary/aromatic N) is 1. The number of thioether (sulfide) groups is 1. The molecule has 0 saturated heterocycles. The van der Waals surface area contributed by atoms with Gasteiger partial charge in [-0.1, -0.05) is 18.7 Å². The maximum Gasteiger partial charge on any atom is 0.315 e. The molecule has 0 N–H and O–H groups in total. The molecule has 0 saturated carbocycles. The average Bonchev–Trinajstić information content (AvgIpc) is 2.22. The number of esters is 1. The second kappa shape index (κ2) is 8.14. The summed E-state index contributed by atoms with van der Waals surface area (Å²) in [6.07, 6.45) is 6.28. The second-order valence-electron chi connectivity index (χ2n) is 2.13. The molecule has 0 rings (SSSR count). The predicted octanol–water partition coefficient (Wildman–Crippen LogP) is 2.04. The van der Waals surface area contributed by atoms with Crippen LogP contribution in [0.25, 0.3) is 0 Å². The van der Waals surface area contributed by atoms with E-state index >= 15 is 0 Å². The first-order chi connectivity index (χ1) is 6.74. The molecule has 0 aromatic rings. The molecule has 0 aromatic carbocycles. The highest BCUT2D eigenvalue weighted by atomic mass is 32.2. The Morgan fingerprint density at radius 3 is 2.93 bits per heavy atom. The van der Waals surface area contributed by atoms with Crippen LogP contribution in [0.4, 0.5) is 0 Å². The summed E-state index contributed by atoms with van der Waals surface area (Å²) in [5.41, 5.74) is 0. The minimum Gasteiger partial charge on any atom is -0.468 e. The molecule has 4 heteroatoms. The Morgan fingerprint density at radius 2 is 2.43 bits per heavy atom. The van der Waals surface area contributed by atoms with Gasteiger partial charge in [0.2, 0.25) is 0 Å². The van der Waals surface area contributed by atoms with Crippen LogP contribution in [0.3, 0.4) is 0 Å². The molecule has 74 valence electrons. The Bertz CT molecular complexity index is 300. The van der Waals surface area contributed by atoms with Crippen LogP contribution >= 0.6 is 11.8 Å². The zero-order chi connectivity index (χ0) is 10.8. The highest BCUT2D eigenvalue weighted by Gasteiger charge is 2.00. The lowest BCUT2D eigenvalue weighted by Gasteiger charge is -1.99. The summed E-state index contributed by atoms with van der Waals surface area (Å²) in [7, 11) is 1.34. The van der Waals surface area contributed by atoms with Crippen LogP contribution in [0, 0.1) is 11.3 Å². The Balaban J connectivity index is 4.10. The van der Waals surface area contributed by atoms with Crippen LogP contribution in [0.5, 0.6) is 0 Å². The number of nitriles is 1. The Labute approximate surface area is 87.7 Å². The molecule has 0 amide bonds. The molecule has 0 spiro atoms. The monoisotopic (exact) mass is 209 g/mol. The van der Waals surface area contributed by atoms with E-state index in [0.717, 1.165) is 4.91 Å². The first-order valence-corrected chi connectivity index (χ1v) is 4.81. The van der Waals surface area contributed by atoms with Crippen molar-refractivity contribution in [2.75, 3.05) is 12.9 Å². The van der Waals surface area contributed by atoms with E-state index < -0.39 is 0 Å². The zero-order valence-electron chi connectivity index (χ0n) is 7.90. The number of ether oxygens (including phenoxy) is 1. The summed E-state index contributed by atoms with van der Waals surface area (Å²) in [5.74, 6) is -0.0404. The summed E-state index contributed by atoms with van der Waals surface area (Å²) >= 11 is 1.31. The summed E-state index contributed by atoms with van der Waals surface area (Å²) < 4.78 is 4.48. The van der Waals surface area contributed by atoms with E-state index in [0.29, 0.717) is 0 Å². The van der Waals surface area contributed by atoms with Crippen molar-refractivity contribution in [1.82, 2.24) is 0 Å². The molecule has 0 aliphatic rings. The maximum atomic E-state index is 10.8. The molecule has 3 nitrogen and oxygen atoms in total. The van der Waals surface area contributed by atoms with E-state index in [1.807, 2.05) is 6.07 Å². The maximum absolute atomic E-state index is 10.8. The van der Waals surface area contributed by atoms with Gasteiger partial charge in [-0.2, -0.15) is 5.26 Å². The summed E-state index contributed by atoms with van der Waals surface area (Å²) in [4.78, 5) is 11.6. The van der Waals surface area contributed by atoms with Gasteiger partial charge in [-0.05, 0) is 6.08 Å². The van der Waals surface area contributed by atoms with Gasteiger partial charge in [0.1, 0.15) is 0 Å². The first kappa shape index (κ1) is 12.5. The van der Waals surface area contributed by atoms with Crippen LogP contribution in [0.2, 0.25) is 0 Å². The van der Waals surface area contributed by atoms with Crippen LogP contribution in [0.15, 0.2) is 35.8 Å². The molecular formula is C10H11NO2S. The molecule has 0 fully saturated rings. The van der Waals surface area contributed by atoms with E-state index in [1.54, 1.807) is 18.2 Å². The number of hydrogen-bond donors (Lipinski definition) is 0. The van der Waals surface area contributed by atoms with E-state index in [2.05, 4.69) is 11.3 Å². The van der Waals surface area contributed by atoms with Crippen molar-refractivity contribution in [1.29, 1.82) is 5.26 Å². The summed E-state index contributed by atoms with van der Waals surface area (Å²) in [5, 5.41) is 8.24.